The Morgan fingerprint density at radius 3 is 1.79 bits per heavy atom. The molecule has 0 spiro atoms. The number of hydrogen-bond acceptors (Lipinski definition) is 2. The normalized spacial score (nSPS) is 12.1. The Balaban J connectivity index is 1.78. The molecular formula is C29H43N3OSi. The zero-order valence-electron chi connectivity index (χ0n) is 21.5. The zero-order valence-corrected chi connectivity index (χ0v) is 22.5. The maximum atomic E-state index is 8.26. The van der Waals surface area contributed by atoms with Gasteiger partial charge in [-0.3, -0.25) is 0 Å². The van der Waals surface area contributed by atoms with Gasteiger partial charge in [-0.1, -0.05) is 118 Å². The van der Waals surface area contributed by atoms with Crippen LogP contribution in [0.3, 0.4) is 0 Å². The molecule has 4 nitrogen and oxygen atoms in total. The molecule has 0 aliphatic rings. The molecule has 184 valence electrons. The van der Waals surface area contributed by atoms with Crippen LogP contribution in [-0.4, -0.2) is 21.5 Å². The summed E-state index contributed by atoms with van der Waals surface area (Å²) in [6, 6.07) is 21.8. The highest BCUT2D eigenvalue weighted by Gasteiger charge is 2.49. The highest BCUT2D eigenvalue weighted by atomic mass is 28.4. The van der Waals surface area contributed by atoms with Crippen LogP contribution in [0.1, 0.15) is 78.6 Å². The van der Waals surface area contributed by atoms with E-state index in [1.807, 2.05) is 0 Å². The van der Waals surface area contributed by atoms with Gasteiger partial charge in [-0.05, 0) is 59.5 Å². The molecule has 0 aliphatic heterocycles. The molecule has 0 aliphatic carbocycles. The van der Waals surface area contributed by atoms with E-state index in [0.717, 1.165) is 38.7 Å². The fourth-order valence-corrected chi connectivity index (χ4v) is 9.21. The molecule has 34 heavy (non-hydrogen) atoms. The van der Waals surface area contributed by atoms with Crippen molar-refractivity contribution < 1.29 is 4.43 Å². The largest absolute Gasteiger partial charge is 0.407 e. The Hall–Kier alpha value is -2.33. The van der Waals surface area contributed by atoms with Crippen LogP contribution in [0.4, 0.5) is 0 Å². The number of benzene rings is 2. The van der Waals surface area contributed by atoms with Crippen LogP contribution in [0, 0.1) is 0 Å². The quantitative estimate of drug-likeness (QED) is 0.0604. The summed E-state index contributed by atoms with van der Waals surface area (Å²) in [4.78, 5) is 2.78. The summed E-state index contributed by atoms with van der Waals surface area (Å²) >= 11 is 0. The molecule has 0 radical (unpaired) electrons. The van der Waals surface area contributed by atoms with E-state index in [0.29, 0.717) is 6.54 Å². The molecule has 0 saturated heterocycles. The number of nitrogens with zero attached hydrogens (tertiary/aromatic N) is 3. The first-order valence-corrected chi connectivity index (χ1v) is 14.8. The summed E-state index contributed by atoms with van der Waals surface area (Å²) in [5.41, 5.74) is 8.26. The first kappa shape index (κ1) is 27.9. The predicted octanol–water partition coefficient (Wildman–Crippen LogP) is 7.94. The Bertz CT molecular complexity index is 832. The zero-order chi connectivity index (χ0) is 24.5. The van der Waals surface area contributed by atoms with Crippen molar-refractivity contribution >= 4 is 18.7 Å². The second-order valence-corrected chi connectivity index (χ2v) is 14.3. The summed E-state index contributed by atoms with van der Waals surface area (Å²) in [5, 5.41) is 6.33. The van der Waals surface area contributed by atoms with Gasteiger partial charge < -0.3 is 4.43 Å². The van der Waals surface area contributed by atoms with Crippen molar-refractivity contribution in [3.8, 4) is 0 Å². The van der Waals surface area contributed by atoms with Gasteiger partial charge in [0.15, 0.2) is 0 Å². The maximum Gasteiger partial charge on any atom is 0.261 e. The first-order chi connectivity index (χ1) is 16.5. The molecule has 0 atom stereocenters. The SMILES string of the molecule is CC(C)(C)[Si](OCCCCCCCC=CCCCCN=[N+]=[N-])(c1ccccc1)c1ccccc1. The van der Waals surface area contributed by atoms with Crippen LogP contribution >= 0.6 is 0 Å². The van der Waals surface area contributed by atoms with Crippen molar-refractivity contribution in [2.24, 2.45) is 5.11 Å². The minimum Gasteiger partial charge on any atom is -0.407 e. The third-order valence-corrected chi connectivity index (χ3v) is 11.4. The standard InChI is InChI=1S/C29H43N3OSi/c1-29(2,3)34(27-21-15-13-16-22-27,28-23-17-14-18-24-28)33-26-20-12-10-8-6-4-5-7-9-11-19-25-31-32-30/h5,7,13-18,21-24H,4,6,8-12,19-20,25-26H2,1-3H3. The number of hydrogen-bond donors (Lipinski definition) is 0. The smallest absolute Gasteiger partial charge is 0.261 e. The van der Waals surface area contributed by atoms with E-state index in [9.17, 15) is 0 Å². The van der Waals surface area contributed by atoms with E-state index in [1.165, 1.54) is 36.1 Å². The molecule has 2 rings (SSSR count). The molecule has 0 N–H and O–H groups in total. The molecule has 0 unspecified atom stereocenters. The number of azide groups is 1. The molecule has 5 heteroatoms. The summed E-state index contributed by atoms with van der Waals surface area (Å²) in [6.45, 7) is 8.46. The maximum absolute atomic E-state index is 8.26. The first-order valence-electron chi connectivity index (χ1n) is 12.9. The molecule has 2 aromatic rings. The predicted molar refractivity (Wildman–Crippen MR) is 148 cm³/mol. The molecule has 0 heterocycles. The summed E-state index contributed by atoms with van der Waals surface area (Å²) in [6.07, 6.45) is 15.0. The van der Waals surface area contributed by atoms with Crippen LogP contribution in [0.25, 0.3) is 10.4 Å². The van der Waals surface area contributed by atoms with Gasteiger partial charge in [-0.15, -0.1) is 0 Å². The summed E-state index contributed by atoms with van der Waals surface area (Å²) < 4.78 is 6.97. The Morgan fingerprint density at radius 2 is 1.26 bits per heavy atom. The molecule has 0 saturated carbocycles. The van der Waals surface area contributed by atoms with Crippen molar-refractivity contribution in [2.75, 3.05) is 13.2 Å². The van der Waals surface area contributed by atoms with Crippen LogP contribution in [-0.2, 0) is 4.43 Å². The van der Waals surface area contributed by atoms with Crippen LogP contribution in [0.5, 0.6) is 0 Å². The van der Waals surface area contributed by atoms with E-state index < -0.39 is 8.32 Å². The lowest BCUT2D eigenvalue weighted by Gasteiger charge is -2.43. The average Bonchev–Trinajstić information content (AvgIpc) is 2.84. The van der Waals surface area contributed by atoms with Gasteiger partial charge >= 0.3 is 0 Å². The molecule has 0 amide bonds. The van der Waals surface area contributed by atoms with Gasteiger partial charge in [0.25, 0.3) is 8.32 Å². The second-order valence-electron chi connectivity index (χ2n) is 9.99. The van der Waals surface area contributed by atoms with Gasteiger partial charge in [0.1, 0.15) is 0 Å². The number of rotatable bonds is 16. The highest BCUT2D eigenvalue weighted by molar-refractivity contribution is 6.99. The van der Waals surface area contributed by atoms with Crippen molar-refractivity contribution in [2.45, 2.75) is 83.6 Å². The molecule has 0 bridgehead atoms. The molecule has 0 aromatic heterocycles. The lowest BCUT2D eigenvalue weighted by Crippen LogP contribution is -2.66. The van der Waals surface area contributed by atoms with Gasteiger partial charge in [-0.25, -0.2) is 0 Å². The van der Waals surface area contributed by atoms with Crippen LogP contribution < -0.4 is 10.4 Å². The minimum absolute atomic E-state index is 0.0466. The van der Waals surface area contributed by atoms with Gasteiger partial charge in [0.2, 0.25) is 0 Å². The topological polar surface area (TPSA) is 58.0 Å². The van der Waals surface area contributed by atoms with Gasteiger partial charge in [-0.2, -0.15) is 0 Å². The molecular weight excluding hydrogens is 434 g/mol. The third-order valence-electron chi connectivity index (χ3n) is 6.36. The number of unbranched alkanes of at least 4 members (excludes halogenated alkanes) is 7. The fraction of sp³-hybridized carbons (Fsp3) is 0.517. The lowest BCUT2D eigenvalue weighted by molar-refractivity contribution is 0.286. The van der Waals surface area contributed by atoms with Crippen LogP contribution in [0.2, 0.25) is 5.04 Å². The van der Waals surface area contributed by atoms with Crippen molar-refractivity contribution in [3.05, 3.63) is 83.3 Å². The average molecular weight is 478 g/mol. The van der Waals surface area contributed by atoms with E-state index in [4.69, 9.17) is 9.96 Å². The second kappa shape index (κ2) is 15.5. The summed E-state index contributed by atoms with van der Waals surface area (Å²) in [7, 11) is -2.39. The van der Waals surface area contributed by atoms with E-state index in [1.54, 1.807) is 0 Å². The molecule has 0 fully saturated rings. The molecule has 2 aromatic carbocycles. The third kappa shape index (κ3) is 8.79. The monoisotopic (exact) mass is 477 g/mol. The Morgan fingerprint density at radius 1 is 0.765 bits per heavy atom. The van der Waals surface area contributed by atoms with Crippen LogP contribution in [0.15, 0.2) is 77.9 Å². The van der Waals surface area contributed by atoms with Crippen molar-refractivity contribution in [1.82, 2.24) is 0 Å². The van der Waals surface area contributed by atoms with E-state index >= 15 is 0 Å². The van der Waals surface area contributed by atoms with Gasteiger partial charge in [0.05, 0.1) is 0 Å². The summed E-state index contributed by atoms with van der Waals surface area (Å²) in [5.74, 6) is 0. The highest BCUT2D eigenvalue weighted by Crippen LogP contribution is 2.36. The van der Waals surface area contributed by atoms with Gasteiger partial charge in [0, 0.05) is 18.1 Å². The van der Waals surface area contributed by atoms with E-state index in [2.05, 4.69) is 104 Å². The van der Waals surface area contributed by atoms with E-state index in [-0.39, 0.29) is 5.04 Å². The van der Waals surface area contributed by atoms with Crippen molar-refractivity contribution in [1.29, 1.82) is 0 Å². The minimum atomic E-state index is -2.39. The van der Waals surface area contributed by atoms with Crippen molar-refractivity contribution in [3.63, 3.8) is 0 Å². The Kier molecular flexibility index (Phi) is 12.8. The fourth-order valence-electron chi connectivity index (χ4n) is 4.61. The number of allylic oxidation sites excluding steroid dienone is 2. The Labute approximate surface area is 208 Å². The lowest BCUT2D eigenvalue weighted by atomic mass is 10.1.